The average Bonchev–Trinajstić information content (AvgIpc) is 2.98. The fourth-order valence-corrected chi connectivity index (χ4v) is 7.94. The predicted octanol–water partition coefficient (Wildman–Crippen LogP) is 3.44. The first-order chi connectivity index (χ1) is 16.8. The third-order valence-corrected chi connectivity index (χ3v) is 10.0. The minimum absolute atomic E-state index is 0.0278. The Morgan fingerprint density at radius 3 is 2.17 bits per heavy atom. The second kappa shape index (κ2) is 9.60. The molecule has 4 N–H and O–H groups in total. The maximum Gasteiger partial charge on any atom is 0.255 e. The molecule has 0 radical (unpaired) electrons. The van der Waals surface area contributed by atoms with Gasteiger partial charge < -0.3 is 20.6 Å². The summed E-state index contributed by atoms with van der Waals surface area (Å²) in [7, 11) is -4.10. The number of aliphatic hydroxyl groups excluding tert-OH is 2. The van der Waals surface area contributed by atoms with Gasteiger partial charge in [-0.3, -0.25) is 4.79 Å². The summed E-state index contributed by atoms with van der Waals surface area (Å²) in [6.07, 6.45) is -1.59. The van der Waals surface area contributed by atoms with Crippen LogP contribution in [0.25, 0.3) is 0 Å². The van der Waals surface area contributed by atoms with Gasteiger partial charge in [-0.05, 0) is 62.6 Å². The van der Waals surface area contributed by atoms with E-state index in [1.807, 2.05) is 0 Å². The summed E-state index contributed by atoms with van der Waals surface area (Å²) >= 11 is 6.19. The summed E-state index contributed by atoms with van der Waals surface area (Å²) in [6.45, 7) is 1.36. The highest BCUT2D eigenvalue weighted by molar-refractivity contribution is 7.92. The van der Waals surface area contributed by atoms with Crippen LogP contribution in [0.3, 0.4) is 0 Å². The number of benzene rings is 2. The largest absolute Gasteiger partial charge is 0.391 e. The highest BCUT2D eigenvalue weighted by Crippen LogP contribution is 2.54. The number of hydrogen-bond acceptors (Lipinski definition) is 6. The van der Waals surface area contributed by atoms with E-state index in [2.05, 4.69) is 5.32 Å². The van der Waals surface area contributed by atoms with Gasteiger partial charge in [0, 0.05) is 23.4 Å². The van der Waals surface area contributed by atoms with Gasteiger partial charge in [-0.25, -0.2) is 21.6 Å². The Kier molecular flexibility index (Phi) is 7.17. The number of anilines is 1. The van der Waals surface area contributed by atoms with Crippen molar-refractivity contribution in [3.05, 3.63) is 58.4 Å². The summed E-state index contributed by atoms with van der Waals surface area (Å²) in [6, 6.07) is 4.67. The fourth-order valence-electron chi connectivity index (χ4n) is 5.54. The van der Waals surface area contributed by atoms with Gasteiger partial charge in [0.1, 0.15) is 6.10 Å². The maximum absolute atomic E-state index is 13.6. The van der Waals surface area contributed by atoms with Gasteiger partial charge >= 0.3 is 0 Å². The molecular formula is C24H25ClF3NO6S. The molecule has 2 fully saturated rings. The Hall–Kier alpha value is -2.18. The van der Waals surface area contributed by atoms with Gasteiger partial charge in [0.05, 0.1) is 26.9 Å². The Balaban J connectivity index is 1.59. The SMILES string of the molecule is C[C@@H](O)[C@H](O)C1(O)[C@@H]2CC[C@H]1CC(S(=O)(=O)c1cc(C(=O)Nc3cc(F)c(F)c(F)c3)ccc1Cl)C2. The molecule has 2 aliphatic rings. The van der Waals surface area contributed by atoms with Crippen molar-refractivity contribution in [3.63, 3.8) is 0 Å². The van der Waals surface area contributed by atoms with E-state index in [1.54, 1.807) is 0 Å². The van der Waals surface area contributed by atoms with Gasteiger partial charge in [0.15, 0.2) is 27.3 Å². The van der Waals surface area contributed by atoms with Gasteiger partial charge in [0.2, 0.25) is 0 Å². The Labute approximate surface area is 210 Å². The van der Waals surface area contributed by atoms with E-state index in [1.165, 1.54) is 19.1 Å². The lowest BCUT2D eigenvalue weighted by Crippen LogP contribution is -2.58. The second-order valence-electron chi connectivity index (χ2n) is 9.54. The number of hydrogen-bond donors (Lipinski definition) is 4. The van der Waals surface area contributed by atoms with E-state index in [9.17, 15) is 41.7 Å². The first kappa shape index (κ1) is 26.9. The number of fused-ring (bicyclic) bond motifs is 2. The number of nitrogens with one attached hydrogen (secondary N) is 1. The normalized spacial score (nSPS) is 27.5. The van der Waals surface area contributed by atoms with Crippen molar-refractivity contribution in [1.82, 2.24) is 0 Å². The topological polar surface area (TPSA) is 124 Å². The zero-order chi connectivity index (χ0) is 26.6. The highest BCUT2D eigenvalue weighted by Gasteiger charge is 2.59. The molecule has 0 saturated heterocycles. The monoisotopic (exact) mass is 547 g/mol. The van der Waals surface area contributed by atoms with Crippen molar-refractivity contribution in [3.8, 4) is 0 Å². The van der Waals surface area contributed by atoms with E-state index in [0.717, 1.165) is 6.07 Å². The first-order valence-electron chi connectivity index (χ1n) is 11.3. The molecule has 0 heterocycles. The highest BCUT2D eigenvalue weighted by atomic mass is 35.5. The molecule has 2 unspecified atom stereocenters. The smallest absolute Gasteiger partial charge is 0.255 e. The summed E-state index contributed by atoms with van der Waals surface area (Å²) in [5.41, 5.74) is -2.13. The van der Waals surface area contributed by atoms with Crippen molar-refractivity contribution >= 4 is 33.0 Å². The van der Waals surface area contributed by atoms with Crippen LogP contribution < -0.4 is 5.32 Å². The Bertz CT molecular complexity index is 1270. The number of aliphatic hydroxyl groups is 3. The molecule has 2 bridgehead atoms. The third-order valence-electron chi connectivity index (χ3n) is 7.38. The Morgan fingerprint density at radius 1 is 1.08 bits per heavy atom. The third kappa shape index (κ3) is 4.51. The molecular weight excluding hydrogens is 523 g/mol. The minimum Gasteiger partial charge on any atom is -0.391 e. The van der Waals surface area contributed by atoms with Crippen LogP contribution in [0.2, 0.25) is 5.02 Å². The Morgan fingerprint density at radius 2 is 1.64 bits per heavy atom. The molecule has 1 amide bonds. The van der Waals surface area contributed by atoms with Gasteiger partial charge in [-0.1, -0.05) is 11.6 Å². The molecule has 6 atom stereocenters. The van der Waals surface area contributed by atoms with Crippen LogP contribution in [-0.4, -0.2) is 52.7 Å². The van der Waals surface area contributed by atoms with Crippen molar-refractivity contribution in [2.45, 2.75) is 60.6 Å². The van der Waals surface area contributed by atoms with E-state index in [-0.39, 0.29) is 34.0 Å². The number of rotatable bonds is 6. The number of carbonyl (C=O) groups is 1. The number of carbonyl (C=O) groups excluding carboxylic acids is 1. The van der Waals surface area contributed by atoms with Crippen LogP contribution in [0.4, 0.5) is 18.9 Å². The molecule has 4 rings (SSSR count). The quantitative estimate of drug-likeness (QED) is 0.411. The number of halogens is 4. The first-order valence-corrected chi connectivity index (χ1v) is 13.3. The summed E-state index contributed by atoms with van der Waals surface area (Å²) in [4.78, 5) is 12.3. The molecule has 0 spiro atoms. The molecule has 2 aliphatic carbocycles. The summed E-state index contributed by atoms with van der Waals surface area (Å²) in [5, 5.41) is 32.5. The zero-order valence-corrected chi connectivity index (χ0v) is 20.7. The summed E-state index contributed by atoms with van der Waals surface area (Å²) in [5.74, 6) is -6.72. The van der Waals surface area contributed by atoms with Crippen molar-refractivity contribution < 1.29 is 41.7 Å². The molecule has 196 valence electrons. The van der Waals surface area contributed by atoms with Crippen molar-refractivity contribution in [2.24, 2.45) is 11.8 Å². The molecule has 7 nitrogen and oxygen atoms in total. The molecule has 12 heteroatoms. The number of sulfone groups is 1. The molecule has 36 heavy (non-hydrogen) atoms. The van der Waals surface area contributed by atoms with Gasteiger partial charge in [-0.15, -0.1) is 0 Å². The van der Waals surface area contributed by atoms with Crippen molar-refractivity contribution in [1.29, 1.82) is 0 Å². The lowest BCUT2D eigenvalue weighted by molar-refractivity contribution is -0.172. The lowest BCUT2D eigenvalue weighted by atomic mass is 9.70. The molecule has 2 aromatic rings. The lowest BCUT2D eigenvalue weighted by Gasteiger charge is -2.46. The van der Waals surface area contributed by atoms with Crippen molar-refractivity contribution in [2.75, 3.05) is 5.32 Å². The van der Waals surface area contributed by atoms with E-state index >= 15 is 0 Å². The van der Waals surface area contributed by atoms with Crippen LogP contribution in [0.5, 0.6) is 0 Å². The molecule has 0 aliphatic heterocycles. The fraction of sp³-hybridized carbons (Fsp3) is 0.458. The zero-order valence-electron chi connectivity index (χ0n) is 19.1. The van der Waals surface area contributed by atoms with E-state index < -0.39 is 68.1 Å². The van der Waals surface area contributed by atoms with E-state index in [0.29, 0.717) is 25.0 Å². The molecule has 0 aromatic heterocycles. The maximum atomic E-state index is 13.6. The number of amides is 1. The standard InChI is InChI=1S/C24H25ClF3NO6S/c1-11(30)22(31)24(33)13-3-4-14(24)8-16(7-13)36(34,35)20-6-12(2-5-17(20)25)23(32)29-15-9-18(26)21(28)19(27)10-15/h2,5-6,9-11,13-14,16,22,30-31,33H,3-4,7-8H2,1H3,(H,29,32)/t11-,13-,14+,16?,22+,24?/m1/s1. The van der Waals surface area contributed by atoms with Crippen LogP contribution >= 0.6 is 11.6 Å². The van der Waals surface area contributed by atoms with Crippen LogP contribution in [0.1, 0.15) is 43.0 Å². The van der Waals surface area contributed by atoms with Crippen LogP contribution in [0, 0.1) is 29.3 Å². The molecule has 2 saturated carbocycles. The second-order valence-corrected chi connectivity index (χ2v) is 12.1. The van der Waals surface area contributed by atoms with Crippen LogP contribution in [-0.2, 0) is 9.84 Å². The van der Waals surface area contributed by atoms with Crippen LogP contribution in [0.15, 0.2) is 35.2 Å². The van der Waals surface area contributed by atoms with Gasteiger partial charge in [-0.2, -0.15) is 0 Å². The predicted molar refractivity (Wildman–Crippen MR) is 125 cm³/mol. The van der Waals surface area contributed by atoms with E-state index in [4.69, 9.17) is 11.6 Å². The minimum atomic E-state index is -4.10. The molecule has 2 aromatic carbocycles. The van der Waals surface area contributed by atoms with Gasteiger partial charge in [0.25, 0.3) is 5.91 Å². The summed E-state index contributed by atoms with van der Waals surface area (Å²) < 4.78 is 67.2. The average molecular weight is 548 g/mol.